The highest BCUT2D eigenvalue weighted by Gasteiger charge is 2.20. The number of carbonyl (C=O) groups excluding carboxylic acids is 2. The first kappa shape index (κ1) is 17.1. The van der Waals surface area contributed by atoms with Gasteiger partial charge >= 0.3 is 0 Å². The van der Waals surface area contributed by atoms with Crippen LogP contribution in [0.3, 0.4) is 0 Å². The highest BCUT2D eigenvalue weighted by molar-refractivity contribution is 5.94. The van der Waals surface area contributed by atoms with Crippen LogP contribution < -0.4 is 10.9 Å². The van der Waals surface area contributed by atoms with Gasteiger partial charge in [-0.25, -0.2) is 4.98 Å². The molecule has 0 bridgehead atoms. The van der Waals surface area contributed by atoms with E-state index in [1.54, 1.807) is 17.0 Å². The van der Waals surface area contributed by atoms with Crippen molar-refractivity contribution in [3.05, 3.63) is 40.4 Å². The number of fused-ring (bicyclic) bond motifs is 1. The molecule has 0 atom stereocenters. The third-order valence-corrected chi connectivity index (χ3v) is 4.21. The second kappa shape index (κ2) is 7.04. The van der Waals surface area contributed by atoms with E-state index in [2.05, 4.69) is 10.3 Å². The lowest BCUT2D eigenvalue weighted by atomic mass is 10.1. The molecule has 3 rings (SSSR count). The van der Waals surface area contributed by atoms with E-state index in [4.69, 9.17) is 0 Å². The summed E-state index contributed by atoms with van der Waals surface area (Å²) in [7, 11) is 0. The molecule has 3 heterocycles. The van der Waals surface area contributed by atoms with Crippen molar-refractivity contribution in [1.82, 2.24) is 14.3 Å². The standard InChI is InChI=1S/C18H22N4O3/c1-12(2)9-16(23)20-14-10-19-15-6-5-13(11-22(15)18(14)25)17(24)21-7-3-4-8-21/h5-6,10-12H,3-4,7-9H2,1-2H3,(H,20,23). The summed E-state index contributed by atoms with van der Waals surface area (Å²) >= 11 is 0. The van der Waals surface area contributed by atoms with Gasteiger partial charge in [-0.2, -0.15) is 0 Å². The summed E-state index contributed by atoms with van der Waals surface area (Å²) in [6, 6.07) is 3.32. The Bertz CT molecular complexity index is 866. The van der Waals surface area contributed by atoms with Crippen LogP contribution in [0.15, 0.2) is 29.3 Å². The van der Waals surface area contributed by atoms with Crippen LogP contribution in [0.5, 0.6) is 0 Å². The molecule has 0 unspecified atom stereocenters. The first-order chi connectivity index (χ1) is 12.0. The first-order valence-electron chi connectivity index (χ1n) is 8.56. The van der Waals surface area contributed by atoms with Crippen molar-refractivity contribution < 1.29 is 9.59 Å². The maximum Gasteiger partial charge on any atom is 0.281 e. The van der Waals surface area contributed by atoms with Crippen LogP contribution in [0.2, 0.25) is 0 Å². The number of pyridine rings is 1. The average Bonchev–Trinajstić information content (AvgIpc) is 3.10. The summed E-state index contributed by atoms with van der Waals surface area (Å²) in [6.45, 7) is 5.35. The number of anilines is 1. The van der Waals surface area contributed by atoms with Crippen LogP contribution in [0, 0.1) is 5.92 Å². The molecular weight excluding hydrogens is 320 g/mol. The van der Waals surface area contributed by atoms with E-state index in [0.29, 0.717) is 17.6 Å². The molecule has 7 nitrogen and oxygen atoms in total. The zero-order valence-corrected chi connectivity index (χ0v) is 14.5. The number of nitrogens with one attached hydrogen (secondary N) is 1. The van der Waals surface area contributed by atoms with Gasteiger partial charge in [-0.15, -0.1) is 0 Å². The molecule has 0 saturated carbocycles. The Morgan fingerprint density at radius 3 is 2.64 bits per heavy atom. The smallest absolute Gasteiger partial charge is 0.281 e. The normalized spacial score (nSPS) is 14.3. The number of aromatic nitrogens is 2. The minimum absolute atomic E-state index is 0.0828. The predicted octanol–water partition coefficient (Wildman–Crippen LogP) is 1.92. The summed E-state index contributed by atoms with van der Waals surface area (Å²) < 4.78 is 1.31. The van der Waals surface area contributed by atoms with Gasteiger partial charge in [-0.05, 0) is 30.9 Å². The molecule has 25 heavy (non-hydrogen) atoms. The van der Waals surface area contributed by atoms with Crippen molar-refractivity contribution in [2.24, 2.45) is 5.92 Å². The molecule has 1 aliphatic heterocycles. The summed E-state index contributed by atoms with van der Waals surface area (Å²) in [5.74, 6) is -0.112. The summed E-state index contributed by atoms with van der Waals surface area (Å²) in [5.41, 5.74) is 0.612. The van der Waals surface area contributed by atoms with Gasteiger partial charge in [0.05, 0.1) is 11.8 Å². The lowest BCUT2D eigenvalue weighted by Gasteiger charge is -2.15. The Morgan fingerprint density at radius 2 is 1.96 bits per heavy atom. The Kier molecular flexibility index (Phi) is 4.83. The summed E-state index contributed by atoms with van der Waals surface area (Å²) in [5, 5.41) is 2.61. The number of amides is 2. The fraction of sp³-hybridized carbons (Fsp3) is 0.444. The monoisotopic (exact) mass is 342 g/mol. The third kappa shape index (κ3) is 3.70. The zero-order valence-electron chi connectivity index (χ0n) is 14.5. The van der Waals surface area contributed by atoms with Gasteiger partial charge in [0.1, 0.15) is 11.3 Å². The zero-order chi connectivity index (χ0) is 18.0. The van der Waals surface area contributed by atoms with Gasteiger partial charge in [-0.3, -0.25) is 18.8 Å². The number of rotatable bonds is 4. The highest BCUT2D eigenvalue weighted by atomic mass is 16.2. The molecule has 2 aromatic rings. The average molecular weight is 342 g/mol. The molecule has 1 fully saturated rings. The van der Waals surface area contributed by atoms with Crippen molar-refractivity contribution in [3.63, 3.8) is 0 Å². The van der Waals surface area contributed by atoms with Gasteiger partial charge in [0.25, 0.3) is 11.5 Å². The number of carbonyl (C=O) groups is 2. The van der Waals surface area contributed by atoms with E-state index in [-0.39, 0.29) is 23.4 Å². The SMILES string of the molecule is CC(C)CC(=O)Nc1cnc2ccc(C(=O)N3CCCC3)cn2c1=O. The molecule has 0 radical (unpaired) electrons. The van der Waals surface area contributed by atoms with Crippen molar-refractivity contribution in [2.75, 3.05) is 18.4 Å². The van der Waals surface area contributed by atoms with Crippen LogP contribution in [-0.4, -0.2) is 39.2 Å². The second-order valence-electron chi connectivity index (χ2n) is 6.77. The van der Waals surface area contributed by atoms with Crippen molar-refractivity contribution in [1.29, 1.82) is 0 Å². The third-order valence-electron chi connectivity index (χ3n) is 4.21. The number of hydrogen-bond donors (Lipinski definition) is 1. The van der Waals surface area contributed by atoms with E-state index in [0.717, 1.165) is 25.9 Å². The van der Waals surface area contributed by atoms with Gasteiger partial charge in [0.15, 0.2) is 0 Å². The number of nitrogens with zero attached hydrogens (tertiary/aromatic N) is 3. The molecule has 1 saturated heterocycles. The van der Waals surface area contributed by atoms with E-state index in [9.17, 15) is 14.4 Å². The van der Waals surface area contributed by atoms with Crippen molar-refractivity contribution in [3.8, 4) is 0 Å². The molecule has 0 aliphatic carbocycles. The highest BCUT2D eigenvalue weighted by Crippen LogP contribution is 2.13. The summed E-state index contributed by atoms with van der Waals surface area (Å²) in [6.07, 6.45) is 5.20. The molecule has 2 amide bonds. The largest absolute Gasteiger partial charge is 0.339 e. The Labute approximate surface area is 145 Å². The van der Waals surface area contributed by atoms with Gasteiger partial charge < -0.3 is 10.2 Å². The first-order valence-corrected chi connectivity index (χ1v) is 8.56. The Hall–Kier alpha value is -2.70. The fourth-order valence-electron chi connectivity index (χ4n) is 2.96. The van der Waals surface area contributed by atoms with Crippen LogP contribution in [0.1, 0.15) is 43.5 Å². The van der Waals surface area contributed by atoms with E-state index in [1.165, 1.54) is 16.8 Å². The maximum absolute atomic E-state index is 12.6. The molecule has 132 valence electrons. The van der Waals surface area contributed by atoms with Crippen molar-refractivity contribution in [2.45, 2.75) is 33.1 Å². The second-order valence-corrected chi connectivity index (χ2v) is 6.77. The van der Waals surface area contributed by atoms with Crippen LogP contribution in [0.25, 0.3) is 5.65 Å². The van der Waals surface area contributed by atoms with E-state index < -0.39 is 5.56 Å². The predicted molar refractivity (Wildman–Crippen MR) is 94.7 cm³/mol. The molecule has 0 aromatic carbocycles. The lowest BCUT2D eigenvalue weighted by Crippen LogP contribution is -2.29. The van der Waals surface area contributed by atoms with E-state index in [1.807, 2.05) is 13.8 Å². The topological polar surface area (TPSA) is 83.8 Å². The fourth-order valence-corrected chi connectivity index (χ4v) is 2.96. The van der Waals surface area contributed by atoms with Crippen LogP contribution >= 0.6 is 0 Å². The van der Waals surface area contributed by atoms with Gasteiger partial charge in [-0.1, -0.05) is 13.8 Å². The minimum atomic E-state index is -0.391. The molecular formula is C18H22N4O3. The number of hydrogen-bond acceptors (Lipinski definition) is 4. The maximum atomic E-state index is 12.6. The number of likely N-dealkylation sites (tertiary alicyclic amines) is 1. The van der Waals surface area contributed by atoms with E-state index >= 15 is 0 Å². The van der Waals surface area contributed by atoms with Crippen molar-refractivity contribution >= 4 is 23.1 Å². The Balaban J connectivity index is 1.92. The molecule has 0 spiro atoms. The van der Waals surface area contributed by atoms with Gasteiger partial charge in [0.2, 0.25) is 5.91 Å². The molecule has 1 N–H and O–H groups in total. The van der Waals surface area contributed by atoms with Gasteiger partial charge in [0, 0.05) is 25.7 Å². The minimum Gasteiger partial charge on any atom is -0.339 e. The quantitative estimate of drug-likeness (QED) is 0.920. The molecule has 7 heteroatoms. The Morgan fingerprint density at radius 1 is 1.24 bits per heavy atom. The van der Waals surface area contributed by atoms with Crippen LogP contribution in [-0.2, 0) is 4.79 Å². The summed E-state index contributed by atoms with van der Waals surface area (Å²) in [4.78, 5) is 43.0. The molecule has 2 aromatic heterocycles. The lowest BCUT2D eigenvalue weighted by molar-refractivity contribution is -0.116. The molecule has 1 aliphatic rings. The van der Waals surface area contributed by atoms with Crippen LogP contribution in [0.4, 0.5) is 5.69 Å².